The van der Waals surface area contributed by atoms with Crippen LogP contribution in [0.2, 0.25) is 0 Å². The first-order chi connectivity index (χ1) is 27.2. The Morgan fingerprint density at radius 2 is 1.67 bits per heavy atom. The number of rotatable bonds is 11. The molecule has 3 aliphatic rings. The maximum Gasteiger partial charge on any atom is 0.410 e. The smallest absolute Gasteiger partial charge is 0.410 e. The molecule has 1 unspecified atom stereocenters. The zero-order valence-electron chi connectivity index (χ0n) is 36.2. The Kier molecular flexibility index (Phi) is 14.2. The van der Waals surface area contributed by atoms with Crippen molar-refractivity contribution in [3.8, 4) is 0 Å². The third kappa shape index (κ3) is 9.01. The monoisotopic (exact) mass is 815 g/mol. The number of para-hydroxylation sites is 1. The van der Waals surface area contributed by atoms with Crippen LogP contribution in [0, 0.1) is 17.8 Å². The van der Waals surface area contributed by atoms with E-state index in [1.807, 2.05) is 39.1 Å². The second-order valence-corrected chi connectivity index (χ2v) is 17.8. The Morgan fingerprint density at radius 1 is 1.00 bits per heavy atom. The number of carbonyl (C=O) groups is 4. The molecule has 13 atom stereocenters. The van der Waals surface area contributed by atoms with Crippen LogP contribution >= 0.6 is 0 Å². The number of nitrogens with zero attached hydrogens (tertiary/aromatic N) is 2. The van der Waals surface area contributed by atoms with Crippen LogP contribution in [0.25, 0.3) is 10.9 Å². The van der Waals surface area contributed by atoms with Gasteiger partial charge in [0.2, 0.25) is 0 Å². The molecule has 13 nitrogen and oxygen atoms in total. The van der Waals surface area contributed by atoms with Crippen molar-refractivity contribution in [2.24, 2.45) is 17.8 Å². The van der Waals surface area contributed by atoms with Crippen LogP contribution < -0.4 is 5.32 Å². The number of ether oxygens (including phenoxy) is 5. The Labute approximate surface area is 342 Å². The number of fused-ring (bicyclic) bond motifs is 2. The standard InChI is InChI=1S/C44H66FN3O10/c1-12-33-44(10)36(48(41(53)58-44)21-16-15-20-47-22-19-30-17-13-14-18-32(30)47)28(6)34(49)26(4)24-42(8,54-11)38(29(7)37(51)43(9,45)40(52)56-33)57-39-35(50)31(46-25(2)3)23-27(5)55-39/h13-14,17-19,22,25-29,31,33,35-36,38-39,46,50H,12,15-16,20-21,23-24H2,1-11H3/t26-,27-,28+,29+,31+,33-,35+,36?,38-,39+,42-,43+,44-/m1/s1. The Hall–Kier alpha value is -3.43. The number of carbonyl (C=O) groups excluding carboxylic acids is 4. The molecule has 1 aromatic heterocycles. The molecule has 14 heteroatoms. The van der Waals surface area contributed by atoms with Gasteiger partial charge in [-0.2, -0.15) is 0 Å². The van der Waals surface area contributed by atoms with E-state index in [4.69, 9.17) is 23.7 Å². The van der Waals surface area contributed by atoms with Gasteiger partial charge >= 0.3 is 12.1 Å². The van der Waals surface area contributed by atoms with Gasteiger partial charge in [-0.15, -0.1) is 0 Å². The second kappa shape index (κ2) is 18.0. The summed E-state index contributed by atoms with van der Waals surface area (Å²) in [6.45, 7) is 17.5. The Balaban J connectivity index is 1.49. The van der Waals surface area contributed by atoms with Gasteiger partial charge in [0.25, 0.3) is 5.67 Å². The number of hydrogen-bond acceptors (Lipinski definition) is 11. The van der Waals surface area contributed by atoms with Crippen molar-refractivity contribution in [3.63, 3.8) is 0 Å². The Morgan fingerprint density at radius 3 is 2.33 bits per heavy atom. The fourth-order valence-corrected chi connectivity index (χ4v) is 9.72. The molecule has 1 amide bonds. The fourth-order valence-electron chi connectivity index (χ4n) is 9.72. The van der Waals surface area contributed by atoms with E-state index in [1.54, 1.807) is 39.5 Å². The number of benzene rings is 1. The molecule has 0 spiro atoms. The zero-order valence-corrected chi connectivity index (χ0v) is 36.2. The number of esters is 1. The minimum absolute atomic E-state index is 0.00865. The van der Waals surface area contributed by atoms with Gasteiger partial charge in [-0.25, -0.2) is 14.0 Å². The number of cyclic esters (lactones) is 1. The van der Waals surface area contributed by atoms with E-state index in [-0.39, 0.29) is 37.3 Å². The maximum absolute atomic E-state index is 16.9. The van der Waals surface area contributed by atoms with Crippen molar-refractivity contribution in [2.75, 3.05) is 13.7 Å². The largest absolute Gasteiger partial charge is 0.455 e. The molecule has 2 aromatic rings. The summed E-state index contributed by atoms with van der Waals surface area (Å²) in [7, 11) is 1.41. The molecule has 0 bridgehead atoms. The average molecular weight is 816 g/mol. The van der Waals surface area contributed by atoms with E-state index < -0.39 is 89.2 Å². The SMILES string of the molecule is CC[C@H]1OC(=O)[C@@](C)(F)C(=O)[C@H](C)[C@@H](O[C@@H]2O[C@H](C)C[C@H](NC(C)C)[C@@H]2O)[C@](C)(OC)C[C@@H](C)C(=O)[C@H](C)C2N(CCCCn3ccc4ccccc43)C(=O)O[C@@]21C. The maximum atomic E-state index is 16.9. The van der Waals surface area contributed by atoms with Gasteiger partial charge in [0.05, 0.1) is 23.9 Å². The van der Waals surface area contributed by atoms with Crippen LogP contribution in [0.15, 0.2) is 36.5 Å². The topological polar surface area (TPSA) is 155 Å². The average Bonchev–Trinajstić information content (AvgIpc) is 3.70. The normalized spacial score (nSPS) is 38.1. The number of nitrogens with one attached hydrogen (secondary N) is 1. The van der Waals surface area contributed by atoms with Gasteiger partial charge in [0, 0.05) is 61.8 Å². The molecule has 3 saturated heterocycles. The number of aromatic nitrogens is 1. The lowest BCUT2D eigenvalue weighted by Gasteiger charge is -2.47. The fraction of sp³-hybridized carbons (Fsp3) is 0.727. The molecule has 4 heterocycles. The van der Waals surface area contributed by atoms with Crippen molar-refractivity contribution in [2.45, 2.75) is 174 Å². The van der Waals surface area contributed by atoms with Gasteiger partial charge < -0.3 is 43.6 Å². The minimum atomic E-state index is -3.17. The zero-order chi connectivity index (χ0) is 42.9. The van der Waals surface area contributed by atoms with E-state index in [9.17, 15) is 24.3 Å². The molecule has 5 rings (SSSR count). The summed E-state index contributed by atoms with van der Waals surface area (Å²) in [5.74, 6) is -5.72. The second-order valence-electron chi connectivity index (χ2n) is 17.8. The highest BCUT2D eigenvalue weighted by Crippen LogP contribution is 2.43. The van der Waals surface area contributed by atoms with Crippen molar-refractivity contribution < 1.29 is 52.4 Å². The number of hydrogen-bond donors (Lipinski definition) is 2. The summed E-state index contributed by atoms with van der Waals surface area (Å²) in [4.78, 5) is 58.3. The molecule has 0 radical (unpaired) electrons. The first-order valence-corrected chi connectivity index (χ1v) is 21.0. The highest BCUT2D eigenvalue weighted by molar-refractivity contribution is 6.08. The first kappa shape index (κ1) is 45.7. The summed E-state index contributed by atoms with van der Waals surface area (Å²) < 4.78 is 49.7. The van der Waals surface area contributed by atoms with Crippen LogP contribution in [0.1, 0.15) is 101 Å². The third-order valence-electron chi connectivity index (χ3n) is 12.8. The number of aryl methyl sites for hydroxylation is 1. The number of aliphatic hydroxyl groups excluding tert-OH is 1. The van der Waals surface area contributed by atoms with Gasteiger partial charge in [-0.3, -0.25) is 9.59 Å². The number of aliphatic hydroxyl groups is 1. The lowest BCUT2D eigenvalue weighted by molar-refractivity contribution is -0.291. The van der Waals surface area contributed by atoms with Crippen LogP contribution in [0.5, 0.6) is 0 Å². The summed E-state index contributed by atoms with van der Waals surface area (Å²) in [6.07, 6.45) is -2.02. The molecule has 324 valence electrons. The van der Waals surface area contributed by atoms with Gasteiger partial charge in [0.1, 0.15) is 18.0 Å². The van der Waals surface area contributed by atoms with E-state index in [1.165, 1.54) is 14.0 Å². The van der Waals surface area contributed by atoms with Crippen LogP contribution in [-0.2, 0) is 44.6 Å². The summed E-state index contributed by atoms with van der Waals surface area (Å²) in [6, 6.07) is 8.87. The number of amides is 1. The predicted molar refractivity (Wildman–Crippen MR) is 216 cm³/mol. The van der Waals surface area contributed by atoms with E-state index in [0.29, 0.717) is 19.4 Å². The molecule has 0 saturated carbocycles. The van der Waals surface area contributed by atoms with Gasteiger partial charge in [-0.1, -0.05) is 59.7 Å². The van der Waals surface area contributed by atoms with E-state index in [2.05, 4.69) is 28.1 Å². The van der Waals surface area contributed by atoms with Crippen molar-refractivity contribution in [1.29, 1.82) is 0 Å². The molecule has 0 aliphatic carbocycles. The number of Topliss-reactive ketones (excluding diaryl/α,β-unsaturated/α-hetero) is 2. The number of alkyl halides is 1. The lowest BCUT2D eigenvalue weighted by Crippen LogP contribution is -2.62. The highest BCUT2D eigenvalue weighted by atomic mass is 19.1. The molecular weight excluding hydrogens is 749 g/mol. The summed E-state index contributed by atoms with van der Waals surface area (Å²) in [5.41, 5.74) is -5.07. The number of ketones is 2. The van der Waals surface area contributed by atoms with Crippen molar-refractivity contribution in [3.05, 3.63) is 36.5 Å². The third-order valence-corrected chi connectivity index (χ3v) is 12.8. The number of methoxy groups -OCH3 is 1. The molecule has 2 N–H and O–H groups in total. The molecule has 1 aromatic carbocycles. The van der Waals surface area contributed by atoms with Crippen molar-refractivity contribution >= 4 is 34.5 Å². The molecule has 58 heavy (non-hydrogen) atoms. The molecule has 3 aliphatic heterocycles. The lowest BCUT2D eigenvalue weighted by atomic mass is 9.73. The summed E-state index contributed by atoms with van der Waals surface area (Å²) >= 11 is 0. The minimum Gasteiger partial charge on any atom is -0.455 e. The number of unbranched alkanes of at least 4 members (excludes halogenated alkanes) is 1. The van der Waals surface area contributed by atoms with Gasteiger partial charge in [-0.05, 0) is 77.3 Å². The van der Waals surface area contributed by atoms with Crippen LogP contribution in [0.4, 0.5) is 9.18 Å². The summed E-state index contributed by atoms with van der Waals surface area (Å²) in [5, 5.41) is 15.9. The van der Waals surface area contributed by atoms with Crippen molar-refractivity contribution in [1.82, 2.24) is 14.8 Å². The molecular formula is C44H66FN3O10. The molecule has 3 fully saturated rings. The van der Waals surface area contributed by atoms with Gasteiger partial charge in [0.15, 0.2) is 17.7 Å². The van der Waals surface area contributed by atoms with E-state index in [0.717, 1.165) is 24.2 Å². The quantitative estimate of drug-likeness (QED) is 0.152. The van der Waals surface area contributed by atoms with Crippen LogP contribution in [-0.4, -0.2) is 118 Å². The van der Waals surface area contributed by atoms with E-state index >= 15 is 4.39 Å². The number of halogens is 1. The van der Waals surface area contributed by atoms with Crippen LogP contribution in [0.3, 0.4) is 0 Å². The first-order valence-electron chi connectivity index (χ1n) is 21.0. The Bertz CT molecular complexity index is 1780. The predicted octanol–water partition coefficient (Wildman–Crippen LogP) is 6.15. The highest BCUT2D eigenvalue weighted by Gasteiger charge is 2.61.